The standard InChI is InChI=1S/C11H14O4S/c1-8(10(12)7-11(13)14)16(15)9-5-3-2-4-6-9/h2-6,8,10,12H,7H2,1H3,(H,13,14). The van der Waals surface area contributed by atoms with Gasteiger partial charge < -0.3 is 10.2 Å². The van der Waals surface area contributed by atoms with Crippen LogP contribution in [-0.4, -0.2) is 31.7 Å². The Bertz CT molecular complexity index is 377. The first-order chi connectivity index (χ1) is 7.52. The molecule has 1 rings (SSSR count). The molecule has 1 aromatic rings. The molecule has 5 heteroatoms. The normalized spacial score (nSPS) is 16.4. The number of hydrogen-bond donors (Lipinski definition) is 2. The molecule has 2 N–H and O–H groups in total. The molecule has 16 heavy (non-hydrogen) atoms. The van der Waals surface area contributed by atoms with Crippen molar-refractivity contribution >= 4 is 16.8 Å². The van der Waals surface area contributed by atoms with Crippen LogP contribution in [0.5, 0.6) is 0 Å². The lowest BCUT2D eigenvalue weighted by atomic mass is 10.2. The topological polar surface area (TPSA) is 74.6 Å². The monoisotopic (exact) mass is 242 g/mol. The summed E-state index contributed by atoms with van der Waals surface area (Å²) >= 11 is 0. The van der Waals surface area contributed by atoms with E-state index in [-0.39, 0.29) is 6.42 Å². The quantitative estimate of drug-likeness (QED) is 0.808. The number of carboxylic acid groups (broad SMARTS) is 1. The van der Waals surface area contributed by atoms with E-state index in [1.807, 2.05) is 0 Å². The summed E-state index contributed by atoms with van der Waals surface area (Å²) in [7, 11) is -1.39. The predicted molar refractivity (Wildman–Crippen MR) is 60.6 cm³/mol. The van der Waals surface area contributed by atoms with Gasteiger partial charge in [-0.2, -0.15) is 0 Å². The molecule has 0 saturated carbocycles. The van der Waals surface area contributed by atoms with Gasteiger partial charge in [0.15, 0.2) is 0 Å². The Morgan fingerprint density at radius 2 is 1.94 bits per heavy atom. The van der Waals surface area contributed by atoms with Crippen LogP contribution in [0, 0.1) is 0 Å². The molecule has 88 valence electrons. The van der Waals surface area contributed by atoms with Crippen LogP contribution in [0.4, 0.5) is 0 Å². The number of aliphatic hydroxyl groups excluding tert-OH is 1. The highest BCUT2D eigenvalue weighted by Crippen LogP contribution is 2.15. The van der Waals surface area contributed by atoms with Crippen molar-refractivity contribution in [3.63, 3.8) is 0 Å². The van der Waals surface area contributed by atoms with E-state index >= 15 is 0 Å². The highest BCUT2D eigenvalue weighted by atomic mass is 32.2. The van der Waals surface area contributed by atoms with E-state index in [4.69, 9.17) is 5.11 Å². The molecule has 0 aliphatic carbocycles. The SMILES string of the molecule is CC(C(O)CC(=O)O)S(=O)c1ccccc1. The second kappa shape index (κ2) is 5.77. The van der Waals surface area contributed by atoms with Crippen molar-refractivity contribution in [1.82, 2.24) is 0 Å². The van der Waals surface area contributed by atoms with E-state index < -0.39 is 28.1 Å². The zero-order valence-electron chi connectivity index (χ0n) is 8.87. The number of carboxylic acids is 1. The van der Waals surface area contributed by atoms with Crippen molar-refractivity contribution in [2.75, 3.05) is 0 Å². The summed E-state index contributed by atoms with van der Waals surface area (Å²) in [4.78, 5) is 11.0. The summed E-state index contributed by atoms with van der Waals surface area (Å²) in [5, 5.41) is 17.5. The molecule has 0 amide bonds. The molecule has 0 fully saturated rings. The van der Waals surface area contributed by atoms with Crippen LogP contribution in [0.15, 0.2) is 35.2 Å². The average molecular weight is 242 g/mol. The molecule has 0 bridgehead atoms. The fourth-order valence-electron chi connectivity index (χ4n) is 1.26. The number of aliphatic hydroxyl groups is 1. The van der Waals surface area contributed by atoms with E-state index in [1.54, 1.807) is 37.3 Å². The van der Waals surface area contributed by atoms with E-state index in [1.165, 1.54) is 0 Å². The zero-order chi connectivity index (χ0) is 12.1. The maximum atomic E-state index is 11.9. The molecular formula is C11H14O4S. The number of benzene rings is 1. The van der Waals surface area contributed by atoms with Gasteiger partial charge in [-0.1, -0.05) is 18.2 Å². The van der Waals surface area contributed by atoms with Gasteiger partial charge >= 0.3 is 5.97 Å². The van der Waals surface area contributed by atoms with Gasteiger partial charge in [0, 0.05) is 4.90 Å². The Hall–Kier alpha value is -1.20. The summed E-state index contributed by atoms with van der Waals surface area (Å²) in [5.41, 5.74) is 0. The molecule has 0 aromatic heterocycles. The summed E-state index contributed by atoms with van der Waals surface area (Å²) in [6.07, 6.45) is -1.49. The van der Waals surface area contributed by atoms with Crippen LogP contribution in [0.25, 0.3) is 0 Å². The summed E-state index contributed by atoms with van der Waals surface area (Å²) in [5.74, 6) is -1.09. The Morgan fingerprint density at radius 1 is 1.38 bits per heavy atom. The second-order valence-electron chi connectivity index (χ2n) is 3.48. The number of carbonyl (C=O) groups is 1. The van der Waals surface area contributed by atoms with Gasteiger partial charge in [0.2, 0.25) is 0 Å². The molecule has 3 unspecified atom stereocenters. The number of rotatable bonds is 5. The third-order valence-electron chi connectivity index (χ3n) is 2.24. The third-order valence-corrected chi connectivity index (χ3v) is 3.97. The lowest BCUT2D eigenvalue weighted by Crippen LogP contribution is -2.29. The van der Waals surface area contributed by atoms with Gasteiger partial charge in [-0.25, -0.2) is 0 Å². The fourth-order valence-corrected chi connectivity index (χ4v) is 2.49. The van der Waals surface area contributed by atoms with Crippen molar-refractivity contribution in [3.8, 4) is 0 Å². The van der Waals surface area contributed by atoms with Crippen molar-refractivity contribution < 1.29 is 19.2 Å². The molecule has 0 aliphatic rings. The van der Waals surface area contributed by atoms with Gasteiger partial charge in [0.05, 0.1) is 28.6 Å². The molecule has 0 spiro atoms. The van der Waals surface area contributed by atoms with E-state index in [9.17, 15) is 14.1 Å². The fraction of sp³-hybridized carbons (Fsp3) is 0.364. The van der Waals surface area contributed by atoms with Gasteiger partial charge in [0.1, 0.15) is 0 Å². The van der Waals surface area contributed by atoms with Crippen molar-refractivity contribution in [1.29, 1.82) is 0 Å². The van der Waals surface area contributed by atoms with E-state index in [2.05, 4.69) is 0 Å². The highest BCUT2D eigenvalue weighted by molar-refractivity contribution is 7.85. The minimum absolute atomic E-state index is 0.389. The zero-order valence-corrected chi connectivity index (χ0v) is 9.68. The molecule has 1 aromatic carbocycles. The van der Waals surface area contributed by atoms with Crippen LogP contribution in [0.3, 0.4) is 0 Å². The minimum atomic E-state index is -1.39. The molecule has 0 saturated heterocycles. The van der Waals surface area contributed by atoms with Crippen LogP contribution in [0.2, 0.25) is 0 Å². The van der Waals surface area contributed by atoms with Gasteiger partial charge in [-0.3, -0.25) is 9.00 Å². The third kappa shape index (κ3) is 3.43. The molecule has 0 aliphatic heterocycles. The molecule has 0 radical (unpaired) electrons. The van der Waals surface area contributed by atoms with Crippen LogP contribution in [0.1, 0.15) is 13.3 Å². The number of hydrogen-bond acceptors (Lipinski definition) is 3. The van der Waals surface area contributed by atoms with E-state index in [0.29, 0.717) is 4.90 Å². The number of aliphatic carboxylic acids is 1. The second-order valence-corrected chi connectivity index (χ2v) is 5.29. The lowest BCUT2D eigenvalue weighted by molar-refractivity contribution is -0.139. The van der Waals surface area contributed by atoms with Crippen LogP contribution in [-0.2, 0) is 15.6 Å². The molecule has 4 nitrogen and oxygen atoms in total. The highest BCUT2D eigenvalue weighted by Gasteiger charge is 2.23. The van der Waals surface area contributed by atoms with E-state index in [0.717, 1.165) is 0 Å². The first-order valence-corrected chi connectivity index (χ1v) is 6.09. The largest absolute Gasteiger partial charge is 0.481 e. The molecular weight excluding hydrogens is 228 g/mol. The first kappa shape index (κ1) is 12.9. The van der Waals surface area contributed by atoms with Crippen molar-refractivity contribution in [3.05, 3.63) is 30.3 Å². The lowest BCUT2D eigenvalue weighted by Gasteiger charge is -2.16. The minimum Gasteiger partial charge on any atom is -0.481 e. The summed E-state index contributed by atoms with van der Waals surface area (Å²) in [6, 6.07) is 8.70. The first-order valence-electron chi connectivity index (χ1n) is 4.88. The molecule has 0 heterocycles. The Morgan fingerprint density at radius 3 is 2.44 bits per heavy atom. The van der Waals surface area contributed by atoms with Gasteiger partial charge in [-0.05, 0) is 19.1 Å². The maximum absolute atomic E-state index is 11.9. The van der Waals surface area contributed by atoms with Crippen molar-refractivity contribution in [2.45, 2.75) is 29.6 Å². The summed E-state index contributed by atoms with van der Waals surface area (Å²) in [6.45, 7) is 1.58. The van der Waals surface area contributed by atoms with Crippen molar-refractivity contribution in [2.24, 2.45) is 0 Å². The molecule has 3 atom stereocenters. The van der Waals surface area contributed by atoms with Gasteiger partial charge in [0.25, 0.3) is 0 Å². The average Bonchev–Trinajstić information content (AvgIpc) is 2.27. The Kier molecular flexibility index (Phi) is 4.64. The summed E-state index contributed by atoms with van der Waals surface area (Å²) < 4.78 is 11.9. The Labute approximate surface area is 96.4 Å². The van der Waals surface area contributed by atoms with Crippen LogP contribution < -0.4 is 0 Å². The van der Waals surface area contributed by atoms with Crippen LogP contribution >= 0.6 is 0 Å². The maximum Gasteiger partial charge on any atom is 0.306 e. The predicted octanol–water partition coefficient (Wildman–Crippen LogP) is 1.02. The Balaban J connectivity index is 2.71. The van der Waals surface area contributed by atoms with Gasteiger partial charge in [-0.15, -0.1) is 0 Å². The smallest absolute Gasteiger partial charge is 0.306 e.